The van der Waals surface area contributed by atoms with Crippen molar-refractivity contribution in [3.8, 4) is 5.75 Å². The van der Waals surface area contributed by atoms with Gasteiger partial charge in [-0.1, -0.05) is 35.9 Å². The number of hydrogen-bond acceptors (Lipinski definition) is 5. The van der Waals surface area contributed by atoms with Crippen molar-refractivity contribution < 1.29 is 18.7 Å². The first-order chi connectivity index (χ1) is 16.3. The van der Waals surface area contributed by atoms with Crippen molar-refractivity contribution in [3.63, 3.8) is 0 Å². The number of nitrogens with one attached hydrogen (secondary N) is 3. The Morgan fingerprint density at radius 1 is 0.912 bits per heavy atom. The molecule has 8 heteroatoms. The molecule has 3 aromatic carbocycles. The number of furan rings is 1. The summed E-state index contributed by atoms with van der Waals surface area (Å²) in [4.78, 5) is 25.2. The maximum atomic E-state index is 12.7. The van der Waals surface area contributed by atoms with Crippen LogP contribution in [-0.4, -0.2) is 24.0 Å². The van der Waals surface area contributed by atoms with E-state index in [-0.39, 0.29) is 16.8 Å². The van der Waals surface area contributed by atoms with Crippen molar-refractivity contribution in [3.05, 3.63) is 89.2 Å². The maximum absolute atomic E-state index is 12.7. The molecule has 0 atom stereocenters. The van der Waals surface area contributed by atoms with Gasteiger partial charge in [-0.05, 0) is 62.0 Å². The minimum atomic E-state index is -0.397. The van der Waals surface area contributed by atoms with Crippen LogP contribution in [0.25, 0.3) is 11.0 Å². The zero-order valence-electron chi connectivity index (χ0n) is 18.9. The number of carbonyl (C=O) groups excluding carboxylic acids is 2. The Hall–Kier alpha value is -4.17. The molecule has 0 fully saturated rings. The highest BCUT2D eigenvalue weighted by molar-refractivity contribution is 7.80. The Morgan fingerprint density at radius 3 is 2.44 bits per heavy atom. The fraction of sp³-hybridized carbons (Fsp3) is 0.115. The van der Waals surface area contributed by atoms with Crippen LogP contribution >= 0.6 is 12.2 Å². The van der Waals surface area contributed by atoms with Crippen molar-refractivity contribution in [2.24, 2.45) is 0 Å². The van der Waals surface area contributed by atoms with E-state index in [1.807, 2.05) is 44.2 Å². The Balaban J connectivity index is 1.43. The highest BCUT2D eigenvalue weighted by atomic mass is 32.1. The molecule has 0 saturated carbocycles. The number of aryl methyl sites for hydroxylation is 2. The van der Waals surface area contributed by atoms with Crippen molar-refractivity contribution >= 4 is 51.5 Å². The van der Waals surface area contributed by atoms with Gasteiger partial charge >= 0.3 is 0 Å². The Morgan fingerprint density at radius 2 is 1.71 bits per heavy atom. The summed E-state index contributed by atoms with van der Waals surface area (Å²) in [5, 5.41) is 9.43. The van der Waals surface area contributed by atoms with Crippen LogP contribution in [0.4, 0.5) is 11.4 Å². The average molecular weight is 474 g/mol. The molecular formula is C26H23N3O4S. The Kier molecular flexibility index (Phi) is 6.60. The number of carbonyl (C=O) groups is 2. The normalized spacial score (nSPS) is 10.6. The van der Waals surface area contributed by atoms with Gasteiger partial charge < -0.3 is 19.8 Å². The van der Waals surface area contributed by atoms with Crippen molar-refractivity contribution in [2.45, 2.75) is 13.8 Å². The number of fused-ring (bicyclic) bond motifs is 1. The smallest absolute Gasteiger partial charge is 0.291 e. The lowest BCUT2D eigenvalue weighted by molar-refractivity contribution is 0.0974. The molecule has 0 saturated heterocycles. The van der Waals surface area contributed by atoms with Gasteiger partial charge in [-0.15, -0.1) is 0 Å². The number of thiocarbonyl (C=S) groups is 1. The predicted octanol–water partition coefficient (Wildman–Crippen LogP) is 5.44. The van der Waals surface area contributed by atoms with E-state index < -0.39 is 5.91 Å². The van der Waals surface area contributed by atoms with Gasteiger partial charge in [0.05, 0.1) is 12.8 Å². The van der Waals surface area contributed by atoms with Gasteiger partial charge in [0.25, 0.3) is 11.8 Å². The number of para-hydroxylation sites is 1. The standard InChI is InChI=1S/C26H23N3O4S/c1-15-8-10-19(16(2)12-15)24(30)29-26(34)27-18-9-11-20(22(14-18)32-3)28-25(31)23-13-17-6-4-5-7-21(17)33-23/h4-14H,1-3H3,(H,28,31)(H2,27,29,30,34). The predicted molar refractivity (Wildman–Crippen MR) is 137 cm³/mol. The molecule has 1 heterocycles. The molecule has 0 aliphatic carbocycles. The summed E-state index contributed by atoms with van der Waals surface area (Å²) in [6, 6.07) is 19.7. The van der Waals surface area contributed by atoms with Crippen molar-refractivity contribution in [2.75, 3.05) is 17.7 Å². The fourth-order valence-corrected chi connectivity index (χ4v) is 3.76. The summed E-state index contributed by atoms with van der Waals surface area (Å²) in [5.41, 5.74) is 4.18. The van der Waals surface area contributed by atoms with Gasteiger partial charge in [0, 0.05) is 22.7 Å². The molecule has 4 aromatic rings. The first-order valence-corrected chi connectivity index (χ1v) is 10.9. The molecule has 1 aromatic heterocycles. The van der Waals surface area contributed by atoms with E-state index in [4.69, 9.17) is 21.4 Å². The number of anilines is 2. The number of rotatable bonds is 5. The third-order valence-corrected chi connectivity index (χ3v) is 5.41. The topological polar surface area (TPSA) is 92.6 Å². The summed E-state index contributed by atoms with van der Waals surface area (Å²) >= 11 is 5.29. The monoisotopic (exact) mass is 473 g/mol. The molecule has 7 nitrogen and oxygen atoms in total. The van der Waals surface area contributed by atoms with E-state index >= 15 is 0 Å². The van der Waals surface area contributed by atoms with E-state index in [0.29, 0.717) is 28.3 Å². The molecule has 3 N–H and O–H groups in total. The number of benzene rings is 3. The van der Waals surface area contributed by atoms with Crippen LogP contribution in [0.3, 0.4) is 0 Å². The van der Waals surface area contributed by atoms with Crippen LogP contribution in [0.15, 0.2) is 71.1 Å². The first kappa shape index (κ1) is 23.0. The zero-order valence-corrected chi connectivity index (χ0v) is 19.7. The number of amides is 2. The van der Waals surface area contributed by atoms with Crippen LogP contribution in [0, 0.1) is 13.8 Å². The van der Waals surface area contributed by atoms with E-state index in [0.717, 1.165) is 16.5 Å². The molecule has 0 unspecified atom stereocenters. The van der Waals surface area contributed by atoms with Gasteiger partial charge in [-0.3, -0.25) is 14.9 Å². The van der Waals surface area contributed by atoms with E-state index in [1.54, 1.807) is 36.4 Å². The molecule has 0 aliphatic rings. The number of ether oxygens (including phenoxy) is 1. The summed E-state index contributed by atoms with van der Waals surface area (Å²) in [6.07, 6.45) is 0. The van der Waals surface area contributed by atoms with E-state index in [2.05, 4.69) is 16.0 Å². The lowest BCUT2D eigenvalue weighted by Gasteiger charge is -2.14. The van der Waals surface area contributed by atoms with E-state index in [1.165, 1.54) is 7.11 Å². The molecule has 0 aliphatic heterocycles. The highest BCUT2D eigenvalue weighted by Crippen LogP contribution is 2.29. The van der Waals surface area contributed by atoms with Gasteiger partial charge in [-0.25, -0.2) is 0 Å². The van der Waals surface area contributed by atoms with Crippen LogP contribution in [0.2, 0.25) is 0 Å². The Bertz CT molecular complexity index is 1380. The van der Waals surface area contributed by atoms with Gasteiger partial charge in [0.1, 0.15) is 11.3 Å². The summed E-state index contributed by atoms with van der Waals surface area (Å²) in [7, 11) is 1.50. The van der Waals surface area contributed by atoms with Gasteiger partial charge in [0.2, 0.25) is 0 Å². The van der Waals surface area contributed by atoms with Crippen LogP contribution in [0.5, 0.6) is 5.75 Å². The lowest BCUT2D eigenvalue weighted by atomic mass is 10.1. The third kappa shape index (κ3) is 5.07. The molecule has 172 valence electrons. The second-order valence-electron chi connectivity index (χ2n) is 7.74. The van der Waals surface area contributed by atoms with Gasteiger partial charge in [0.15, 0.2) is 10.9 Å². The van der Waals surface area contributed by atoms with Crippen LogP contribution in [0.1, 0.15) is 32.0 Å². The molecule has 2 amide bonds. The van der Waals surface area contributed by atoms with Crippen LogP contribution in [-0.2, 0) is 0 Å². The average Bonchev–Trinajstić information content (AvgIpc) is 3.24. The summed E-state index contributed by atoms with van der Waals surface area (Å²) in [6.45, 7) is 3.85. The van der Waals surface area contributed by atoms with Crippen molar-refractivity contribution in [1.82, 2.24) is 5.32 Å². The second-order valence-corrected chi connectivity index (χ2v) is 8.15. The zero-order chi connectivity index (χ0) is 24.2. The fourth-order valence-electron chi connectivity index (χ4n) is 3.55. The van der Waals surface area contributed by atoms with Crippen molar-refractivity contribution in [1.29, 1.82) is 0 Å². The SMILES string of the molecule is COc1cc(NC(=S)NC(=O)c2ccc(C)cc2C)ccc1NC(=O)c1cc2ccccc2o1. The lowest BCUT2D eigenvalue weighted by Crippen LogP contribution is -2.34. The highest BCUT2D eigenvalue weighted by Gasteiger charge is 2.16. The third-order valence-electron chi connectivity index (χ3n) is 5.21. The number of hydrogen-bond donors (Lipinski definition) is 3. The summed E-state index contributed by atoms with van der Waals surface area (Å²) < 4.78 is 11.0. The molecule has 34 heavy (non-hydrogen) atoms. The maximum Gasteiger partial charge on any atom is 0.291 e. The molecule has 0 spiro atoms. The first-order valence-electron chi connectivity index (χ1n) is 10.5. The van der Waals surface area contributed by atoms with Gasteiger partial charge in [-0.2, -0.15) is 0 Å². The second kappa shape index (κ2) is 9.76. The largest absolute Gasteiger partial charge is 0.494 e. The summed E-state index contributed by atoms with van der Waals surface area (Å²) in [5.74, 6) is -0.0816. The van der Waals surface area contributed by atoms with Crippen LogP contribution < -0.4 is 20.7 Å². The molecule has 4 rings (SSSR count). The minimum Gasteiger partial charge on any atom is -0.494 e. The van der Waals surface area contributed by atoms with E-state index in [9.17, 15) is 9.59 Å². The Labute approximate surface area is 202 Å². The number of methoxy groups -OCH3 is 1. The minimum absolute atomic E-state index is 0.145. The quantitative estimate of drug-likeness (QED) is 0.335. The molecule has 0 bridgehead atoms. The molecular weight excluding hydrogens is 450 g/mol. The molecule has 0 radical (unpaired) electrons.